The Morgan fingerprint density at radius 2 is 1.95 bits per heavy atom. The number of rotatable bonds is 6. The molecule has 106 valence electrons. The van der Waals surface area contributed by atoms with Crippen LogP contribution in [0.25, 0.3) is 0 Å². The van der Waals surface area contributed by atoms with Crippen molar-refractivity contribution in [2.75, 3.05) is 6.54 Å². The molecule has 0 fully saturated rings. The summed E-state index contributed by atoms with van der Waals surface area (Å²) in [5, 5.41) is 3.93. The smallest absolute Gasteiger partial charge is 0.219 e. The molecule has 2 aromatic rings. The number of ether oxygens (including phenoxy) is 1. The zero-order valence-electron chi connectivity index (χ0n) is 11.2. The fourth-order valence-electron chi connectivity index (χ4n) is 1.65. The standard InChI is InChI=1S/C15H16BrClN2O/c1-2-9-18-10-14-13(17)7-8-15(19-14)20-12-5-3-11(16)4-6-12/h3-8,18H,2,9-10H2,1H3. The van der Waals surface area contributed by atoms with Gasteiger partial charge in [0.05, 0.1) is 10.7 Å². The maximum absolute atomic E-state index is 6.13. The highest BCUT2D eigenvalue weighted by atomic mass is 79.9. The van der Waals surface area contributed by atoms with Crippen LogP contribution >= 0.6 is 27.5 Å². The SMILES string of the molecule is CCCNCc1nc(Oc2ccc(Br)cc2)ccc1Cl. The van der Waals surface area contributed by atoms with Crippen LogP contribution in [0.4, 0.5) is 0 Å². The number of nitrogens with one attached hydrogen (secondary N) is 1. The predicted octanol–water partition coefficient (Wildman–Crippen LogP) is 4.79. The summed E-state index contributed by atoms with van der Waals surface area (Å²) in [5.74, 6) is 1.29. The van der Waals surface area contributed by atoms with Gasteiger partial charge in [0.15, 0.2) is 0 Å². The lowest BCUT2D eigenvalue weighted by atomic mass is 10.3. The molecule has 5 heteroatoms. The minimum Gasteiger partial charge on any atom is -0.439 e. The average Bonchev–Trinajstić information content (AvgIpc) is 2.45. The van der Waals surface area contributed by atoms with Crippen molar-refractivity contribution in [3.63, 3.8) is 0 Å². The molecule has 0 saturated heterocycles. The molecule has 0 spiro atoms. The Balaban J connectivity index is 2.08. The highest BCUT2D eigenvalue weighted by molar-refractivity contribution is 9.10. The maximum Gasteiger partial charge on any atom is 0.219 e. The zero-order valence-corrected chi connectivity index (χ0v) is 13.5. The highest BCUT2D eigenvalue weighted by Gasteiger charge is 2.05. The third kappa shape index (κ3) is 4.47. The summed E-state index contributed by atoms with van der Waals surface area (Å²) in [6.45, 7) is 3.70. The second-order valence-electron chi connectivity index (χ2n) is 4.31. The lowest BCUT2D eigenvalue weighted by Crippen LogP contribution is -2.15. The van der Waals surface area contributed by atoms with Crippen LogP contribution in [0.3, 0.4) is 0 Å². The molecule has 0 atom stereocenters. The van der Waals surface area contributed by atoms with Gasteiger partial charge in [-0.05, 0) is 43.3 Å². The van der Waals surface area contributed by atoms with Crippen LogP contribution in [0.1, 0.15) is 19.0 Å². The number of halogens is 2. The van der Waals surface area contributed by atoms with Gasteiger partial charge in [-0.3, -0.25) is 0 Å². The topological polar surface area (TPSA) is 34.2 Å². The van der Waals surface area contributed by atoms with E-state index in [2.05, 4.69) is 33.2 Å². The minimum absolute atomic E-state index is 0.546. The lowest BCUT2D eigenvalue weighted by Gasteiger charge is -2.09. The number of aromatic nitrogens is 1. The second kappa shape index (κ2) is 7.62. The van der Waals surface area contributed by atoms with Crippen molar-refractivity contribution >= 4 is 27.5 Å². The van der Waals surface area contributed by atoms with Crippen molar-refractivity contribution in [3.05, 3.63) is 51.6 Å². The van der Waals surface area contributed by atoms with Crippen molar-refractivity contribution in [2.24, 2.45) is 0 Å². The first kappa shape index (κ1) is 15.3. The van der Waals surface area contributed by atoms with E-state index in [-0.39, 0.29) is 0 Å². The molecule has 1 heterocycles. The Morgan fingerprint density at radius 3 is 2.65 bits per heavy atom. The summed E-state index contributed by atoms with van der Waals surface area (Å²) >= 11 is 9.53. The van der Waals surface area contributed by atoms with Crippen LogP contribution in [0, 0.1) is 0 Å². The largest absolute Gasteiger partial charge is 0.439 e. The van der Waals surface area contributed by atoms with Gasteiger partial charge >= 0.3 is 0 Å². The first-order valence-electron chi connectivity index (χ1n) is 6.48. The van der Waals surface area contributed by atoms with Gasteiger partial charge in [-0.15, -0.1) is 0 Å². The molecule has 2 rings (SSSR count). The van der Waals surface area contributed by atoms with Crippen molar-refractivity contribution in [2.45, 2.75) is 19.9 Å². The van der Waals surface area contributed by atoms with Crippen molar-refractivity contribution in [1.29, 1.82) is 0 Å². The average molecular weight is 356 g/mol. The van der Waals surface area contributed by atoms with E-state index < -0.39 is 0 Å². The Labute approximate surface area is 132 Å². The molecule has 0 aliphatic carbocycles. The van der Waals surface area contributed by atoms with Gasteiger partial charge in [0.2, 0.25) is 5.88 Å². The first-order valence-corrected chi connectivity index (χ1v) is 7.65. The molecule has 0 saturated carbocycles. The van der Waals surface area contributed by atoms with Gasteiger partial charge in [0.1, 0.15) is 5.75 Å². The molecular weight excluding hydrogens is 340 g/mol. The Morgan fingerprint density at radius 1 is 1.20 bits per heavy atom. The van der Waals surface area contributed by atoms with Crippen LogP contribution in [-0.4, -0.2) is 11.5 Å². The first-order chi connectivity index (χ1) is 9.69. The number of hydrogen-bond acceptors (Lipinski definition) is 3. The van der Waals surface area contributed by atoms with Gasteiger partial charge in [-0.1, -0.05) is 34.5 Å². The van der Waals surface area contributed by atoms with E-state index in [9.17, 15) is 0 Å². The van der Waals surface area contributed by atoms with Crippen LogP contribution in [0.5, 0.6) is 11.6 Å². The number of benzene rings is 1. The van der Waals surface area contributed by atoms with Crippen molar-refractivity contribution in [3.8, 4) is 11.6 Å². The minimum atomic E-state index is 0.546. The van der Waals surface area contributed by atoms with Gasteiger partial charge in [0, 0.05) is 17.1 Å². The summed E-state index contributed by atoms with van der Waals surface area (Å²) < 4.78 is 6.73. The fraction of sp³-hybridized carbons (Fsp3) is 0.267. The third-order valence-corrected chi connectivity index (χ3v) is 3.52. The van der Waals surface area contributed by atoms with Gasteiger partial charge in [0.25, 0.3) is 0 Å². The molecule has 0 radical (unpaired) electrons. The molecule has 0 amide bonds. The lowest BCUT2D eigenvalue weighted by molar-refractivity contribution is 0.459. The molecule has 1 N–H and O–H groups in total. The molecule has 3 nitrogen and oxygen atoms in total. The van der Waals surface area contributed by atoms with E-state index in [4.69, 9.17) is 16.3 Å². The summed E-state index contributed by atoms with van der Waals surface area (Å²) in [6.07, 6.45) is 1.08. The van der Waals surface area contributed by atoms with Crippen LogP contribution in [0.15, 0.2) is 40.9 Å². The van der Waals surface area contributed by atoms with E-state index in [0.29, 0.717) is 17.4 Å². The predicted molar refractivity (Wildman–Crippen MR) is 85.5 cm³/mol. The van der Waals surface area contributed by atoms with E-state index in [1.165, 1.54) is 0 Å². The van der Waals surface area contributed by atoms with Crippen LogP contribution in [-0.2, 0) is 6.54 Å². The summed E-state index contributed by atoms with van der Waals surface area (Å²) in [7, 11) is 0. The van der Waals surface area contributed by atoms with Gasteiger partial charge in [-0.25, -0.2) is 4.98 Å². The molecule has 0 unspecified atom stereocenters. The zero-order chi connectivity index (χ0) is 14.4. The summed E-state index contributed by atoms with van der Waals surface area (Å²) in [5.41, 5.74) is 0.801. The van der Waals surface area contributed by atoms with Crippen molar-refractivity contribution < 1.29 is 4.74 Å². The van der Waals surface area contributed by atoms with Crippen LogP contribution in [0.2, 0.25) is 5.02 Å². The van der Waals surface area contributed by atoms with Gasteiger partial charge < -0.3 is 10.1 Å². The molecule has 1 aromatic carbocycles. The van der Waals surface area contributed by atoms with Gasteiger partial charge in [-0.2, -0.15) is 0 Å². The summed E-state index contributed by atoms with van der Waals surface area (Å²) in [6, 6.07) is 11.2. The summed E-state index contributed by atoms with van der Waals surface area (Å²) in [4.78, 5) is 4.43. The highest BCUT2D eigenvalue weighted by Crippen LogP contribution is 2.24. The maximum atomic E-state index is 6.13. The fourth-order valence-corrected chi connectivity index (χ4v) is 2.09. The number of pyridine rings is 1. The Hall–Kier alpha value is -1.10. The van der Waals surface area contributed by atoms with Crippen LogP contribution < -0.4 is 10.1 Å². The third-order valence-electron chi connectivity index (χ3n) is 2.65. The molecule has 0 aliphatic rings. The van der Waals surface area contributed by atoms with E-state index in [0.717, 1.165) is 28.9 Å². The molecule has 20 heavy (non-hydrogen) atoms. The van der Waals surface area contributed by atoms with E-state index in [1.54, 1.807) is 6.07 Å². The Kier molecular flexibility index (Phi) is 5.83. The van der Waals surface area contributed by atoms with E-state index >= 15 is 0 Å². The monoisotopic (exact) mass is 354 g/mol. The van der Waals surface area contributed by atoms with Crippen molar-refractivity contribution in [1.82, 2.24) is 10.3 Å². The number of hydrogen-bond donors (Lipinski definition) is 1. The Bertz CT molecular complexity index is 560. The molecule has 0 bridgehead atoms. The second-order valence-corrected chi connectivity index (χ2v) is 5.63. The number of nitrogens with zero attached hydrogens (tertiary/aromatic N) is 1. The molecule has 1 aromatic heterocycles. The molecule has 0 aliphatic heterocycles. The quantitative estimate of drug-likeness (QED) is 0.757. The normalized spacial score (nSPS) is 10.6. The molecular formula is C15H16BrClN2O. The van der Waals surface area contributed by atoms with E-state index in [1.807, 2.05) is 30.3 Å².